The summed E-state index contributed by atoms with van der Waals surface area (Å²) in [4.78, 5) is 13.5. The Labute approximate surface area is 131 Å². The van der Waals surface area contributed by atoms with Gasteiger partial charge in [0.1, 0.15) is 0 Å². The normalized spacial score (nSPS) is 17.9. The van der Waals surface area contributed by atoms with Gasteiger partial charge in [0.05, 0.1) is 25.6 Å². The minimum atomic E-state index is -3.44. The summed E-state index contributed by atoms with van der Waals surface area (Å²) in [6.07, 6.45) is 2.03. The van der Waals surface area contributed by atoms with Gasteiger partial charge in [-0.25, -0.2) is 0 Å². The third kappa shape index (κ3) is 4.28. The molecule has 0 saturated heterocycles. The number of nitrogens with zero attached hydrogens (tertiary/aromatic N) is 1. The first-order valence-corrected chi connectivity index (χ1v) is 8.90. The van der Waals surface area contributed by atoms with E-state index in [1.165, 1.54) is 0 Å². The smallest absolute Gasteiger partial charge is 0.264 e. The summed E-state index contributed by atoms with van der Waals surface area (Å²) >= 11 is 0. The zero-order valence-corrected chi connectivity index (χ0v) is 13.9. The van der Waals surface area contributed by atoms with Crippen molar-refractivity contribution in [2.24, 2.45) is 0 Å². The van der Waals surface area contributed by atoms with E-state index < -0.39 is 10.1 Å². The molecule has 0 fully saturated rings. The molecule has 0 N–H and O–H groups in total. The standard InChI is InChI=1S/C15H21NO5S/c1-16(2)15(17)12-4-5-13-11(10-12)6-8-20-14(13)7-9-21-22(3,18)19/h4-5,10,14H,6-9H2,1-3H3/t14-/m0/s1. The summed E-state index contributed by atoms with van der Waals surface area (Å²) < 4.78 is 32.5. The number of carbonyl (C=O) groups is 1. The monoisotopic (exact) mass is 327 g/mol. The molecule has 6 nitrogen and oxygen atoms in total. The zero-order chi connectivity index (χ0) is 16.3. The fourth-order valence-electron chi connectivity index (χ4n) is 2.47. The number of hydrogen-bond acceptors (Lipinski definition) is 5. The van der Waals surface area contributed by atoms with Gasteiger partial charge in [-0.1, -0.05) is 6.07 Å². The van der Waals surface area contributed by atoms with Crippen LogP contribution in [0, 0.1) is 0 Å². The van der Waals surface area contributed by atoms with Crippen LogP contribution in [0.2, 0.25) is 0 Å². The summed E-state index contributed by atoms with van der Waals surface area (Å²) in [5.74, 6) is -0.0359. The molecular weight excluding hydrogens is 306 g/mol. The van der Waals surface area contributed by atoms with Crippen molar-refractivity contribution in [3.63, 3.8) is 0 Å². The topological polar surface area (TPSA) is 72.9 Å². The van der Waals surface area contributed by atoms with Gasteiger partial charge < -0.3 is 9.64 Å². The zero-order valence-electron chi connectivity index (χ0n) is 13.0. The molecule has 0 unspecified atom stereocenters. The Morgan fingerprint density at radius 2 is 2.14 bits per heavy atom. The van der Waals surface area contributed by atoms with E-state index in [1.54, 1.807) is 25.1 Å². The number of carbonyl (C=O) groups excluding carboxylic acids is 1. The number of amides is 1. The first kappa shape index (κ1) is 16.9. The van der Waals surface area contributed by atoms with Crippen LogP contribution in [0.15, 0.2) is 18.2 Å². The van der Waals surface area contributed by atoms with Gasteiger partial charge in [-0.2, -0.15) is 8.42 Å². The van der Waals surface area contributed by atoms with Gasteiger partial charge in [-0.15, -0.1) is 0 Å². The molecule has 0 spiro atoms. The molecule has 0 radical (unpaired) electrons. The van der Waals surface area contributed by atoms with Crippen molar-refractivity contribution in [1.82, 2.24) is 4.90 Å². The third-order valence-corrected chi connectivity index (χ3v) is 4.11. The number of benzene rings is 1. The molecule has 0 saturated carbocycles. The van der Waals surface area contributed by atoms with Gasteiger partial charge in [0, 0.05) is 26.1 Å². The number of ether oxygens (including phenoxy) is 1. The second-order valence-corrected chi connectivity index (χ2v) is 7.18. The summed E-state index contributed by atoms with van der Waals surface area (Å²) in [7, 11) is 0.00143. The molecule has 2 rings (SSSR count). The van der Waals surface area contributed by atoms with Crippen molar-refractivity contribution >= 4 is 16.0 Å². The molecule has 1 aliphatic rings. The van der Waals surface area contributed by atoms with Crippen LogP contribution in [0.1, 0.15) is 34.0 Å². The van der Waals surface area contributed by atoms with Crippen LogP contribution in [0.4, 0.5) is 0 Å². The Balaban J connectivity index is 2.12. The highest BCUT2D eigenvalue weighted by Gasteiger charge is 2.22. The molecule has 1 amide bonds. The first-order valence-electron chi connectivity index (χ1n) is 7.08. The Bertz CT molecular complexity index is 654. The quantitative estimate of drug-likeness (QED) is 0.764. The first-order chi connectivity index (χ1) is 10.3. The molecule has 1 aliphatic heterocycles. The van der Waals surface area contributed by atoms with Crippen LogP contribution < -0.4 is 0 Å². The highest BCUT2D eigenvalue weighted by atomic mass is 32.2. The lowest BCUT2D eigenvalue weighted by Gasteiger charge is -2.26. The second kappa shape index (κ2) is 6.76. The maximum atomic E-state index is 12.0. The lowest BCUT2D eigenvalue weighted by atomic mass is 9.93. The average molecular weight is 327 g/mol. The maximum absolute atomic E-state index is 12.0. The average Bonchev–Trinajstić information content (AvgIpc) is 2.44. The van der Waals surface area contributed by atoms with Crippen LogP contribution in [-0.2, 0) is 25.5 Å². The summed E-state index contributed by atoms with van der Waals surface area (Å²) in [5.41, 5.74) is 2.72. The molecule has 1 heterocycles. The maximum Gasteiger partial charge on any atom is 0.264 e. The van der Waals surface area contributed by atoms with Gasteiger partial charge in [0.2, 0.25) is 0 Å². The molecule has 7 heteroatoms. The van der Waals surface area contributed by atoms with Crippen molar-refractivity contribution < 1.29 is 22.1 Å². The molecule has 122 valence electrons. The minimum Gasteiger partial charge on any atom is -0.373 e. The van der Waals surface area contributed by atoms with Crippen LogP contribution >= 0.6 is 0 Å². The van der Waals surface area contributed by atoms with Crippen molar-refractivity contribution in [3.05, 3.63) is 34.9 Å². The van der Waals surface area contributed by atoms with Crippen LogP contribution in [-0.4, -0.2) is 52.8 Å². The van der Waals surface area contributed by atoms with E-state index in [0.717, 1.165) is 23.8 Å². The molecule has 0 aliphatic carbocycles. The van der Waals surface area contributed by atoms with Gasteiger partial charge in [-0.3, -0.25) is 8.98 Å². The SMILES string of the molecule is CN(C)C(=O)c1ccc2c(c1)CCO[C@H]2CCOS(C)(=O)=O. The highest BCUT2D eigenvalue weighted by Crippen LogP contribution is 2.30. The van der Waals surface area contributed by atoms with E-state index in [-0.39, 0.29) is 18.6 Å². The van der Waals surface area contributed by atoms with Gasteiger partial charge in [0.15, 0.2) is 0 Å². The molecular formula is C15H21NO5S. The Hall–Kier alpha value is -1.44. The molecule has 0 bridgehead atoms. The largest absolute Gasteiger partial charge is 0.373 e. The van der Waals surface area contributed by atoms with E-state index in [0.29, 0.717) is 18.6 Å². The molecule has 1 aromatic rings. The van der Waals surface area contributed by atoms with E-state index in [4.69, 9.17) is 8.92 Å². The van der Waals surface area contributed by atoms with Crippen molar-refractivity contribution in [3.8, 4) is 0 Å². The number of rotatable bonds is 5. The Morgan fingerprint density at radius 1 is 1.41 bits per heavy atom. The molecule has 1 atom stereocenters. The van der Waals surface area contributed by atoms with Crippen LogP contribution in [0.5, 0.6) is 0 Å². The van der Waals surface area contributed by atoms with Gasteiger partial charge in [0.25, 0.3) is 16.0 Å². The van der Waals surface area contributed by atoms with Gasteiger partial charge >= 0.3 is 0 Å². The summed E-state index contributed by atoms with van der Waals surface area (Å²) in [6, 6.07) is 5.56. The van der Waals surface area contributed by atoms with E-state index >= 15 is 0 Å². The second-order valence-electron chi connectivity index (χ2n) is 5.54. The van der Waals surface area contributed by atoms with Crippen LogP contribution in [0.3, 0.4) is 0 Å². The summed E-state index contributed by atoms with van der Waals surface area (Å²) in [5, 5.41) is 0. The van der Waals surface area contributed by atoms with E-state index in [1.807, 2.05) is 12.1 Å². The van der Waals surface area contributed by atoms with Crippen molar-refractivity contribution in [1.29, 1.82) is 0 Å². The lowest BCUT2D eigenvalue weighted by Crippen LogP contribution is -2.23. The number of fused-ring (bicyclic) bond motifs is 1. The predicted octanol–water partition coefficient (Wildman–Crippen LogP) is 1.37. The van der Waals surface area contributed by atoms with Crippen LogP contribution in [0.25, 0.3) is 0 Å². The van der Waals surface area contributed by atoms with E-state index in [2.05, 4.69) is 0 Å². The van der Waals surface area contributed by atoms with Gasteiger partial charge in [-0.05, 0) is 29.7 Å². The lowest BCUT2D eigenvalue weighted by molar-refractivity contribution is 0.0282. The molecule has 0 aromatic heterocycles. The van der Waals surface area contributed by atoms with Crippen molar-refractivity contribution in [2.75, 3.05) is 33.6 Å². The molecule has 1 aromatic carbocycles. The highest BCUT2D eigenvalue weighted by molar-refractivity contribution is 7.85. The summed E-state index contributed by atoms with van der Waals surface area (Å²) in [6.45, 7) is 0.636. The number of hydrogen-bond donors (Lipinski definition) is 0. The minimum absolute atomic E-state index is 0.0359. The third-order valence-electron chi connectivity index (χ3n) is 3.51. The van der Waals surface area contributed by atoms with E-state index in [9.17, 15) is 13.2 Å². The fraction of sp³-hybridized carbons (Fsp3) is 0.533. The Morgan fingerprint density at radius 3 is 2.77 bits per heavy atom. The fourth-order valence-corrected chi connectivity index (χ4v) is 2.87. The Kier molecular flexibility index (Phi) is 5.20. The van der Waals surface area contributed by atoms with Crippen molar-refractivity contribution in [2.45, 2.75) is 18.9 Å². The molecule has 22 heavy (non-hydrogen) atoms. The predicted molar refractivity (Wildman–Crippen MR) is 82.3 cm³/mol.